The highest BCUT2D eigenvalue weighted by molar-refractivity contribution is 6.34. The molecular formula is C24H19ClFN3O5. The number of fused-ring (bicyclic) bond motifs is 1. The molecule has 1 saturated heterocycles. The molecule has 0 spiro atoms. The lowest BCUT2D eigenvalue weighted by molar-refractivity contribution is -0.0564. The highest BCUT2D eigenvalue weighted by Crippen LogP contribution is 2.34. The Bertz CT molecular complexity index is 1330. The van der Waals surface area contributed by atoms with Crippen LogP contribution in [0.25, 0.3) is 22.2 Å². The molecule has 0 saturated carbocycles. The van der Waals surface area contributed by atoms with Gasteiger partial charge in [-0.15, -0.1) is 0 Å². The topological polar surface area (TPSA) is 107 Å². The Balaban J connectivity index is 1.27. The fraction of sp³-hybridized carbons (Fsp3) is 0.208. The number of esters is 1. The number of halogens is 2. The summed E-state index contributed by atoms with van der Waals surface area (Å²) in [6.07, 6.45) is -2.78. The predicted molar refractivity (Wildman–Crippen MR) is 121 cm³/mol. The van der Waals surface area contributed by atoms with E-state index in [2.05, 4.69) is 9.97 Å². The maximum absolute atomic E-state index is 14.4. The number of hydrogen-bond acceptors (Lipinski definition) is 7. The van der Waals surface area contributed by atoms with Gasteiger partial charge in [-0.05, 0) is 23.3 Å². The zero-order valence-corrected chi connectivity index (χ0v) is 18.3. The highest BCUT2D eigenvalue weighted by Gasteiger charge is 2.45. The minimum absolute atomic E-state index is 0.0247. The molecule has 34 heavy (non-hydrogen) atoms. The van der Waals surface area contributed by atoms with Gasteiger partial charge in [-0.25, -0.2) is 19.2 Å². The Kier molecular flexibility index (Phi) is 6.01. The predicted octanol–water partition coefficient (Wildman–Crippen LogP) is 3.37. The number of carbonyl (C=O) groups is 1. The van der Waals surface area contributed by atoms with Gasteiger partial charge >= 0.3 is 5.97 Å². The molecule has 174 valence electrons. The Labute approximate surface area is 198 Å². The van der Waals surface area contributed by atoms with Crippen LogP contribution in [0.15, 0.2) is 67.1 Å². The van der Waals surface area contributed by atoms with Crippen LogP contribution in [0.2, 0.25) is 5.15 Å². The summed E-state index contributed by atoms with van der Waals surface area (Å²) in [7, 11) is 0. The molecule has 10 heteroatoms. The molecule has 2 aromatic carbocycles. The van der Waals surface area contributed by atoms with E-state index < -0.39 is 36.3 Å². The first-order chi connectivity index (χ1) is 16.4. The summed E-state index contributed by atoms with van der Waals surface area (Å²) in [5.74, 6) is -1.30. The smallest absolute Gasteiger partial charge is 0.338 e. The average Bonchev–Trinajstić information content (AvgIpc) is 3.35. The first-order valence-corrected chi connectivity index (χ1v) is 10.8. The molecule has 4 atom stereocenters. The first-order valence-electron chi connectivity index (χ1n) is 10.4. The fourth-order valence-corrected chi connectivity index (χ4v) is 4.18. The lowest BCUT2D eigenvalue weighted by Crippen LogP contribution is -2.34. The number of rotatable bonds is 5. The molecule has 2 N–H and O–H groups in total. The van der Waals surface area contributed by atoms with Gasteiger partial charge in [-0.1, -0.05) is 54.1 Å². The summed E-state index contributed by atoms with van der Waals surface area (Å²) in [5.41, 5.74) is 2.40. The standard InChI is InChI=1S/C24H19ClFN3O5/c25-21-18-16(26)10-29(22(18)28-12-27-21)23-20(31)19(30)17(34-23)11-33-24(32)15-8-6-14(7-9-15)13-4-2-1-3-5-13/h1-10,12,17,19-20,23,30-31H,11H2/t17-,19+,20+,23+/m0/s1. The lowest BCUT2D eigenvalue weighted by Gasteiger charge is -2.17. The summed E-state index contributed by atoms with van der Waals surface area (Å²) in [6.45, 7) is -0.314. The number of nitrogens with zero attached hydrogens (tertiary/aromatic N) is 3. The van der Waals surface area contributed by atoms with Gasteiger partial charge in [0.25, 0.3) is 0 Å². The van der Waals surface area contributed by atoms with Crippen LogP contribution in [0, 0.1) is 5.82 Å². The SMILES string of the molecule is O=C(OC[C@@H]1O[C@@H](n2cc(F)c3c(Cl)ncnc32)[C@H](O)[C@@H]1O)c1ccc(-c2ccccc2)cc1. The van der Waals surface area contributed by atoms with Crippen molar-refractivity contribution in [3.05, 3.63) is 83.7 Å². The van der Waals surface area contributed by atoms with E-state index in [-0.39, 0.29) is 22.8 Å². The summed E-state index contributed by atoms with van der Waals surface area (Å²) in [4.78, 5) is 20.2. The van der Waals surface area contributed by atoms with E-state index in [1.165, 1.54) is 4.57 Å². The van der Waals surface area contributed by atoms with Crippen LogP contribution in [0.5, 0.6) is 0 Å². The quantitative estimate of drug-likeness (QED) is 0.331. The monoisotopic (exact) mass is 483 g/mol. The van der Waals surface area contributed by atoms with E-state index in [0.29, 0.717) is 5.56 Å². The number of aliphatic hydroxyl groups is 2. The van der Waals surface area contributed by atoms with Crippen LogP contribution in [0.4, 0.5) is 4.39 Å². The van der Waals surface area contributed by atoms with E-state index in [0.717, 1.165) is 23.7 Å². The molecule has 8 nitrogen and oxygen atoms in total. The van der Waals surface area contributed by atoms with Crippen molar-refractivity contribution in [2.75, 3.05) is 6.61 Å². The third-order valence-corrected chi connectivity index (χ3v) is 6.02. The number of benzene rings is 2. The molecule has 5 rings (SSSR count). The Morgan fingerprint density at radius 1 is 1.06 bits per heavy atom. The maximum Gasteiger partial charge on any atom is 0.338 e. The molecule has 1 aliphatic heterocycles. The van der Waals surface area contributed by atoms with Gasteiger partial charge in [-0.3, -0.25) is 0 Å². The van der Waals surface area contributed by atoms with Crippen molar-refractivity contribution in [2.24, 2.45) is 0 Å². The number of aliphatic hydroxyl groups excluding tert-OH is 2. The number of ether oxygens (including phenoxy) is 2. The maximum atomic E-state index is 14.4. The van der Waals surface area contributed by atoms with Crippen LogP contribution in [0.3, 0.4) is 0 Å². The van der Waals surface area contributed by atoms with E-state index in [9.17, 15) is 19.4 Å². The Morgan fingerprint density at radius 2 is 1.76 bits per heavy atom. The van der Waals surface area contributed by atoms with Gasteiger partial charge in [0.15, 0.2) is 12.0 Å². The largest absolute Gasteiger partial charge is 0.459 e. The normalized spacial score (nSPS) is 22.2. The van der Waals surface area contributed by atoms with Crippen LogP contribution in [0.1, 0.15) is 16.6 Å². The zero-order valence-electron chi connectivity index (χ0n) is 17.6. The summed E-state index contributed by atoms with van der Waals surface area (Å²) >= 11 is 5.95. The molecule has 0 radical (unpaired) electrons. The Morgan fingerprint density at radius 3 is 2.50 bits per heavy atom. The van der Waals surface area contributed by atoms with Gasteiger partial charge < -0.3 is 24.3 Å². The third kappa shape index (κ3) is 4.03. The third-order valence-electron chi connectivity index (χ3n) is 5.73. The molecule has 0 amide bonds. The minimum Gasteiger partial charge on any atom is -0.459 e. The minimum atomic E-state index is -1.42. The van der Waals surface area contributed by atoms with E-state index in [1.54, 1.807) is 12.1 Å². The summed E-state index contributed by atoms with van der Waals surface area (Å²) < 4.78 is 26.6. The van der Waals surface area contributed by atoms with Crippen LogP contribution in [-0.4, -0.2) is 55.6 Å². The number of aromatic nitrogens is 3. The van der Waals surface area contributed by atoms with Crippen LogP contribution in [-0.2, 0) is 9.47 Å². The second kappa shape index (κ2) is 9.11. The van der Waals surface area contributed by atoms with E-state index >= 15 is 0 Å². The Hall–Kier alpha value is -3.37. The van der Waals surface area contributed by atoms with Gasteiger partial charge in [0.1, 0.15) is 42.0 Å². The first kappa shape index (κ1) is 22.4. The molecule has 2 aromatic heterocycles. The molecular weight excluding hydrogens is 465 g/mol. The second-order valence-electron chi connectivity index (χ2n) is 7.84. The van der Waals surface area contributed by atoms with Gasteiger partial charge in [0.05, 0.1) is 10.9 Å². The molecule has 1 aliphatic rings. The second-order valence-corrected chi connectivity index (χ2v) is 8.19. The van der Waals surface area contributed by atoms with Crippen molar-refractivity contribution in [3.8, 4) is 11.1 Å². The van der Waals surface area contributed by atoms with Crippen molar-refractivity contribution in [2.45, 2.75) is 24.5 Å². The van der Waals surface area contributed by atoms with Crippen LogP contribution >= 0.6 is 11.6 Å². The van der Waals surface area contributed by atoms with Crippen molar-refractivity contribution in [3.63, 3.8) is 0 Å². The zero-order chi connectivity index (χ0) is 23.8. The van der Waals surface area contributed by atoms with Crippen LogP contribution < -0.4 is 0 Å². The van der Waals surface area contributed by atoms with Crippen molar-refractivity contribution in [1.82, 2.24) is 14.5 Å². The van der Waals surface area contributed by atoms with E-state index in [1.807, 2.05) is 42.5 Å². The molecule has 1 fully saturated rings. The molecule has 3 heterocycles. The van der Waals surface area contributed by atoms with Gasteiger partial charge in [-0.2, -0.15) is 0 Å². The van der Waals surface area contributed by atoms with Crippen molar-refractivity contribution < 1.29 is 28.9 Å². The average molecular weight is 484 g/mol. The number of carbonyl (C=O) groups excluding carboxylic acids is 1. The summed E-state index contributed by atoms with van der Waals surface area (Å²) in [5, 5.41) is 20.8. The van der Waals surface area contributed by atoms with Gasteiger partial charge in [0.2, 0.25) is 0 Å². The molecule has 4 aromatic rings. The number of hydrogen-bond donors (Lipinski definition) is 2. The fourth-order valence-electron chi connectivity index (χ4n) is 3.97. The molecule has 0 bridgehead atoms. The van der Waals surface area contributed by atoms with Crippen molar-refractivity contribution >= 4 is 28.6 Å². The lowest BCUT2D eigenvalue weighted by atomic mass is 10.0. The molecule has 0 aliphatic carbocycles. The highest BCUT2D eigenvalue weighted by atomic mass is 35.5. The van der Waals surface area contributed by atoms with E-state index in [4.69, 9.17) is 21.1 Å². The van der Waals surface area contributed by atoms with Gasteiger partial charge in [0, 0.05) is 6.20 Å². The molecule has 0 unspecified atom stereocenters. The summed E-state index contributed by atoms with van der Waals surface area (Å²) in [6, 6.07) is 16.6. The van der Waals surface area contributed by atoms with Crippen molar-refractivity contribution in [1.29, 1.82) is 0 Å².